The number of aromatic nitrogens is 2. The highest BCUT2D eigenvalue weighted by Gasteiger charge is 2.44. The standard InChI is InChI=1S/C19H21N3O3S/c1-19(3-4-19)18(23)20-8-13-5-12-6-16(24-2)17(7-15(12)22-13)25-9-14-10-26-11-21-14/h5-7,10-11,22H,3-4,8-9H2,1-2H3,(H,20,23). The van der Waals surface area contributed by atoms with Gasteiger partial charge in [0.25, 0.3) is 0 Å². The van der Waals surface area contributed by atoms with Crippen molar-refractivity contribution in [1.82, 2.24) is 15.3 Å². The van der Waals surface area contributed by atoms with Crippen molar-refractivity contribution in [3.8, 4) is 11.5 Å². The van der Waals surface area contributed by atoms with Crippen LogP contribution in [-0.2, 0) is 17.9 Å². The second kappa shape index (κ2) is 6.64. The summed E-state index contributed by atoms with van der Waals surface area (Å²) >= 11 is 1.54. The number of benzene rings is 1. The summed E-state index contributed by atoms with van der Waals surface area (Å²) in [6.07, 6.45) is 1.95. The molecular weight excluding hydrogens is 350 g/mol. The molecule has 6 nitrogen and oxygen atoms in total. The minimum Gasteiger partial charge on any atom is -0.493 e. The number of rotatable bonds is 7. The molecule has 1 aliphatic carbocycles. The van der Waals surface area contributed by atoms with Crippen molar-refractivity contribution in [2.24, 2.45) is 5.41 Å². The lowest BCUT2D eigenvalue weighted by Crippen LogP contribution is -2.29. The summed E-state index contributed by atoms with van der Waals surface area (Å²) in [6, 6.07) is 5.89. The molecule has 136 valence electrons. The van der Waals surface area contributed by atoms with Gasteiger partial charge in [0.2, 0.25) is 5.91 Å². The van der Waals surface area contributed by atoms with Crippen molar-refractivity contribution in [3.63, 3.8) is 0 Å². The Bertz CT molecular complexity index is 929. The lowest BCUT2D eigenvalue weighted by atomic mass is 10.1. The number of nitrogens with zero attached hydrogens (tertiary/aromatic N) is 1. The smallest absolute Gasteiger partial charge is 0.226 e. The van der Waals surface area contributed by atoms with Crippen molar-refractivity contribution < 1.29 is 14.3 Å². The summed E-state index contributed by atoms with van der Waals surface area (Å²) in [6.45, 7) is 2.89. The van der Waals surface area contributed by atoms with Gasteiger partial charge < -0.3 is 19.8 Å². The highest BCUT2D eigenvalue weighted by Crippen LogP contribution is 2.45. The number of hydrogen-bond acceptors (Lipinski definition) is 5. The number of hydrogen-bond donors (Lipinski definition) is 2. The Morgan fingerprint density at radius 2 is 2.19 bits per heavy atom. The number of amides is 1. The predicted molar refractivity (Wildman–Crippen MR) is 100 cm³/mol. The van der Waals surface area contributed by atoms with Crippen LogP contribution in [0.5, 0.6) is 11.5 Å². The summed E-state index contributed by atoms with van der Waals surface area (Å²) in [5.41, 5.74) is 4.41. The van der Waals surface area contributed by atoms with Crippen LogP contribution in [0.4, 0.5) is 0 Å². The van der Waals surface area contributed by atoms with Crippen LogP contribution < -0.4 is 14.8 Å². The summed E-state index contributed by atoms with van der Waals surface area (Å²) in [5, 5.41) is 5.99. The molecule has 0 bridgehead atoms. The molecule has 26 heavy (non-hydrogen) atoms. The molecule has 0 atom stereocenters. The number of aromatic amines is 1. The monoisotopic (exact) mass is 371 g/mol. The molecule has 1 saturated carbocycles. The Morgan fingerprint density at radius 1 is 1.35 bits per heavy atom. The molecule has 2 N–H and O–H groups in total. The first kappa shape index (κ1) is 16.9. The number of fused-ring (bicyclic) bond motifs is 1. The first-order chi connectivity index (χ1) is 12.6. The van der Waals surface area contributed by atoms with Crippen LogP contribution in [-0.4, -0.2) is 23.0 Å². The van der Waals surface area contributed by atoms with Gasteiger partial charge in [0, 0.05) is 33.5 Å². The Labute approximate surface area is 155 Å². The molecule has 3 aromatic rings. The average Bonchev–Trinajstić information content (AvgIpc) is 3.06. The van der Waals surface area contributed by atoms with E-state index in [1.165, 1.54) is 0 Å². The van der Waals surface area contributed by atoms with Gasteiger partial charge in [-0.15, -0.1) is 11.3 Å². The van der Waals surface area contributed by atoms with E-state index in [1.807, 2.05) is 30.5 Å². The largest absolute Gasteiger partial charge is 0.493 e. The number of H-pyrrole nitrogens is 1. The maximum absolute atomic E-state index is 12.1. The lowest BCUT2D eigenvalue weighted by molar-refractivity contribution is -0.125. The van der Waals surface area contributed by atoms with Gasteiger partial charge in [0.1, 0.15) is 6.61 Å². The first-order valence-corrected chi connectivity index (χ1v) is 9.49. The van der Waals surface area contributed by atoms with Crippen molar-refractivity contribution >= 4 is 28.1 Å². The normalized spacial score (nSPS) is 15.0. The van der Waals surface area contributed by atoms with Crippen molar-refractivity contribution in [2.75, 3.05) is 7.11 Å². The Balaban J connectivity index is 1.50. The molecule has 4 rings (SSSR count). The van der Waals surface area contributed by atoms with Gasteiger partial charge in [-0.05, 0) is 25.0 Å². The van der Waals surface area contributed by atoms with Gasteiger partial charge in [0.05, 0.1) is 24.9 Å². The number of nitrogens with one attached hydrogen (secondary N) is 2. The predicted octanol–water partition coefficient (Wildman–Crippen LogP) is 3.63. The molecule has 7 heteroatoms. The number of ether oxygens (including phenoxy) is 2. The van der Waals surface area contributed by atoms with E-state index in [2.05, 4.69) is 15.3 Å². The zero-order chi connectivity index (χ0) is 18.1. The zero-order valence-electron chi connectivity index (χ0n) is 14.8. The fourth-order valence-corrected chi connectivity index (χ4v) is 3.37. The highest BCUT2D eigenvalue weighted by molar-refractivity contribution is 7.07. The van der Waals surface area contributed by atoms with Gasteiger partial charge >= 0.3 is 0 Å². The fraction of sp³-hybridized carbons (Fsp3) is 0.368. The van der Waals surface area contributed by atoms with E-state index in [1.54, 1.807) is 24.0 Å². The summed E-state index contributed by atoms with van der Waals surface area (Å²) < 4.78 is 11.3. The quantitative estimate of drug-likeness (QED) is 0.665. The van der Waals surface area contributed by atoms with E-state index in [0.717, 1.165) is 35.1 Å². The zero-order valence-corrected chi connectivity index (χ0v) is 15.6. The molecule has 0 unspecified atom stereocenters. The van der Waals surface area contributed by atoms with E-state index in [-0.39, 0.29) is 11.3 Å². The van der Waals surface area contributed by atoms with Gasteiger partial charge in [-0.25, -0.2) is 4.98 Å². The molecule has 1 fully saturated rings. The van der Waals surface area contributed by atoms with Crippen LogP contribution in [0.3, 0.4) is 0 Å². The molecule has 0 spiro atoms. The number of carbonyl (C=O) groups is 1. The van der Waals surface area contributed by atoms with E-state index < -0.39 is 0 Å². The van der Waals surface area contributed by atoms with Gasteiger partial charge in [-0.3, -0.25) is 4.79 Å². The van der Waals surface area contributed by atoms with E-state index in [9.17, 15) is 4.79 Å². The molecule has 2 aromatic heterocycles. The molecule has 1 amide bonds. The third kappa shape index (κ3) is 3.39. The summed E-state index contributed by atoms with van der Waals surface area (Å²) in [7, 11) is 1.63. The maximum atomic E-state index is 12.1. The molecule has 0 aliphatic heterocycles. The lowest BCUT2D eigenvalue weighted by Gasteiger charge is -2.10. The minimum atomic E-state index is -0.161. The maximum Gasteiger partial charge on any atom is 0.226 e. The van der Waals surface area contributed by atoms with Crippen molar-refractivity contribution in [2.45, 2.75) is 32.9 Å². The van der Waals surface area contributed by atoms with Gasteiger partial charge in [0.15, 0.2) is 11.5 Å². The van der Waals surface area contributed by atoms with Gasteiger partial charge in [-0.2, -0.15) is 0 Å². The van der Waals surface area contributed by atoms with Gasteiger partial charge in [-0.1, -0.05) is 6.92 Å². The van der Waals surface area contributed by atoms with Crippen LogP contribution in [0.25, 0.3) is 10.9 Å². The summed E-state index contributed by atoms with van der Waals surface area (Å²) in [5.74, 6) is 1.46. The molecule has 0 radical (unpaired) electrons. The van der Waals surface area contributed by atoms with Crippen LogP contribution in [0.2, 0.25) is 0 Å². The fourth-order valence-electron chi connectivity index (χ4n) is 2.83. The second-order valence-corrected chi connectivity index (χ2v) is 7.62. The third-order valence-electron chi connectivity index (χ3n) is 4.81. The van der Waals surface area contributed by atoms with Crippen LogP contribution in [0, 0.1) is 5.41 Å². The van der Waals surface area contributed by atoms with Crippen molar-refractivity contribution in [1.29, 1.82) is 0 Å². The van der Waals surface area contributed by atoms with Crippen LogP contribution >= 0.6 is 11.3 Å². The Morgan fingerprint density at radius 3 is 2.88 bits per heavy atom. The first-order valence-electron chi connectivity index (χ1n) is 8.55. The van der Waals surface area contributed by atoms with Crippen LogP contribution in [0.15, 0.2) is 29.1 Å². The van der Waals surface area contributed by atoms with E-state index >= 15 is 0 Å². The van der Waals surface area contributed by atoms with Crippen LogP contribution in [0.1, 0.15) is 31.2 Å². The molecule has 0 saturated heterocycles. The molecule has 2 heterocycles. The molecular formula is C19H21N3O3S. The molecule has 1 aliphatic rings. The van der Waals surface area contributed by atoms with E-state index in [4.69, 9.17) is 9.47 Å². The topological polar surface area (TPSA) is 76.2 Å². The number of carbonyl (C=O) groups excluding carboxylic acids is 1. The summed E-state index contributed by atoms with van der Waals surface area (Å²) in [4.78, 5) is 19.7. The Kier molecular flexibility index (Phi) is 4.32. The third-order valence-corrected chi connectivity index (χ3v) is 5.44. The Hall–Kier alpha value is -2.54. The van der Waals surface area contributed by atoms with E-state index in [0.29, 0.717) is 24.7 Å². The number of methoxy groups -OCH3 is 1. The highest BCUT2D eigenvalue weighted by atomic mass is 32.1. The number of thiazole rings is 1. The molecule has 1 aromatic carbocycles. The average molecular weight is 371 g/mol. The van der Waals surface area contributed by atoms with Crippen molar-refractivity contribution in [3.05, 3.63) is 40.5 Å². The second-order valence-electron chi connectivity index (χ2n) is 6.90. The SMILES string of the molecule is COc1cc2cc(CNC(=O)C3(C)CC3)[nH]c2cc1OCc1cscn1. The minimum absolute atomic E-state index is 0.126.